The first-order valence-electron chi connectivity index (χ1n) is 11.9. The normalized spacial score (nSPS) is 13.8. The fraction of sp³-hybridized carbons (Fsp3) is 0.250. The molecule has 0 radical (unpaired) electrons. The number of carbonyl (C=O) groups excluding carboxylic acids is 2. The molecule has 3 N–H and O–H groups in total. The van der Waals surface area contributed by atoms with Crippen molar-refractivity contribution >= 4 is 34.8 Å². The van der Waals surface area contributed by atoms with Gasteiger partial charge in [-0.25, -0.2) is 4.79 Å². The van der Waals surface area contributed by atoms with Crippen LogP contribution < -0.4 is 15.5 Å². The van der Waals surface area contributed by atoms with Gasteiger partial charge in [0.2, 0.25) is 5.91 Å². The predicted molar refractivity (Wildman–Crippen MR) is 141 cm³/mol. The van der Waals surface area contributed by atoms with Gasteiger partial charge < -0.3 is 20.6 Å². The molecule has 0 aliphatic carbocycles. The molecule has 1 saturated heterocycles. The number of aryl methyl sites for hydroxylation is 2. The minimum atomic E-state index is -1.11. The fourth-order valence-corrected chi connectivity index (χ4v) is 4.32. The van der Waals surface area contributed by atoms with Gasteiger partial charge in [-0.3, -0.25) is 14.5 Å². The third-order valence-electron chi connectivity index (χ3n) is 6.28. The van der Waals surface area contributed by atoms with Gasteiger partial charge in [0.25, 0.3) is 5.91 Å². The van der Waals surface area contributed by atoms with Crippen molar-refractivity contribution in [2.75, 3.05) is 48.3 Å². The summed E-state index contributed by atoms with van der Waals surface area (Å²) in [7, 11) is 0. The molecule has 8 heteroatoms. The topological polar surface area (TPSA) is 102 Å². The molecule has 1 aliphatic rings. The summed E-state index contributed by atoms with van der Waals surface area (Å²) in [6, 6.07) is 19.9. The van der Waals surface area contributed by atoms with Gasteiger partial charge in [0.05, 0.1) is 17.8 Å². The SMILES string of the molecule is Cc1cccc(NC(=O)CN2CCN(c3ccc(NC(=O)c4ccccc4C)c(C(=O)O)c3)CC2)c1. The van der Waals surface area contributed by atoms with Crippen LogP contribution in [0.15, 0.2) is 66.7 Å². The Morgan fingerprint density at radius 1 is 0.833 bits per heavy atom. The maximum Gasteiger partial charge on any atom is 0.337 e. The largest absolute Gasteiger partial charge is 0.478 e. The summed E-state index contributed by atoms with van der Waals surface area (Å²) in [6.07, 6.45) is 0. The zero-order valence-electron chi connectivity index (χ0n) is 20.5. The lowest BCUT2D eigenvalue weighted by molar-refractivity contribution is -0.117. The van der Waals surface area contributed by atoms with E-state index in [4.69, 9.17) is 0 Å². The quantitative estimate of drug-likeness (QED) is 0.466. The summed E-state index contributed by atoms with van der Waals surface area (Å²) in [4.78, 5) is 41.3. The van der Waals surface area contributed by atoms with Crippen LogP contribution in [0.25, 0.3) is 0 Å². The molecular formula is C28H30N4O4. The molecule has 0 bridgehead atoms. The Balaban J connectivity index is 1.37. The van der Waals surface area contributed by atoms with E-state index < -0.39 is 5.97 Å². The Morgan fingerprint density at radius 2 is 1.58 bits per heavy atom. The molecule has 1 heterocycles. The number of nitrogens with zero attached hydrogens (tertiary/aromatic N) is 2. The lowest BCUT2D eigenvalue weighted by Gasteiger charge is -2.36. The number of piperazine rings is 1. The first kappa shape index (κ1) is 24.9. The van der Waals surface area contributed by atoms with Crippen LogP contribution in [0.1, 0.15) is 31.8 Å². The summed E-state index contributed by atoms with van der Waals surface area (Å²) in [5.74, 6) is -1.51. The average Bonchev–Trinajstić information content (AvgIpc) is 2.85. The van der Waals surface area contributed by atoms with Gasteiger partial charge in [-0.15, -0.1) is 0 Å². The van der Waals surface area contributed by atoms with Crippen LogP contribution in [-0.4, -0.2) is 60.5 Å². The Bertz CT molecular complexity index is 1280. The molecule has 3 aromatic rings. The van der Waals surface area contributed by atoms with Crippen LogP contribution in [0.4, 0.5) is 17.1 Å². The van der Waals surface area contributed by atoms with Crippen molar-refractivity contribution < 1.29 is 19.5 Å². The third-order valence-corrected chi connectivity index (χ3v) is 6.28. The van der Waals surface area contributed by atoms with Crippen molar-refractivity contribution in [3.8, 4) is 0 Å². The van der Waals surface area contributed by atoms with Crippen molar-refractivity contribution in [1.29, 1.82) is 0 Å². The number of rotatable bonds is 7. The second-order valence-corrected chi connectivity index (χ2v) is 8.98. The summed E-state index contributed by atoms with van der Waals surface area (Å²) in [5, 5.41) is 15.5. The molecule has 0 unspecified atom stereocenters. The van der Waals surface area contributed by atoms with E-state index in [9.17, 15) is 19.5 Å². The number of hydrogen-bond donors (Lipinski definition) is 3. The Labute approximate surface area is 210 Å². The number of amides is 2. The zero-order valence-corrected chi connectivity index (χ0v) is 20.5. The Hall–Kier alpha value is -4.17. The number of anilines is 3. The number of carboxylic acids is 1. The third kappa shape index (κ3) is 6.09. The second kappa shape index (κ2) is 11.0. The summed E-state index contributed by atoms with van der Waals surface area (Å²) >= 11 is 0. The first-order chi connectivity index (χ1) is 17.3. The molecule has 0 spiro atoms. The number of carbonyl (C=O) groups is 3. The van der Waals surface area contributed by atoms with Crippen LogP contribution in [0.3, 0.4) is 0 Å². The molecule has 36 heavy (non-hydrogen) atoms. The number of aromatic carboxylic acids is 1. The van der Waals surface area contributed by atoms with E-state index >= 15 is 0 Å². The van der Waals surface area contributed by atoms with Crippen LogP contribution in [0.2, 0.25) is 0 Å². The van der Waals surface area contributed by atoms with E-state index in [1.54, 1.807) is 24.3 Å². The molecule has 0 atom stereocenters. The van der Waals surface area contributed by atoms with Crippen LogP contribution in [0, 0.1) is 13.8 Å². The van der Waals surface area contributed by atoms with E-state index in [-0.39, 0.29) is 23.1 Å². The highest BCUT2D eigenvalue weighted by Gasteiger charge is 2.22. The predicted octanol–water partition coefficient (Wildman–Crippen LogP) is 4.01. The van der Waals surface area contributed by atoms with E-state index in [2.05, 4.69) is 20.4 Å². The van der Waals surface area contributed by atoms with Crippen molar-refractivity contribution in [2.24, 2.45) is 0 Å². The zero-order chi connectivity index (χ0) is 25.7. The number of benzene rings is 3. The molecule has 1 aliphatic heterocycles. The Morgan fingerprint density at radius 3 is 2.28 bits per heavy atom. The average molecular weight is 487 g/mol. The summed E-state index contributed by atoms with van der Waals surface area (Å²) < 4.78 is 0. The van der Waals surface area contributed by atoms with Crippen molar-refractivity contribution in [3.05, 3.63) is 89.0 Å². The Kier molecular flexibility index (Phi) is 7.65. The van der Waals surface area contributed by atoms with Gasteiger partial charge in [-0.1, -0.05) is 30.3 Å². The highest BCUT2D eigenvalue weighted by atomic mass is 16.4. The van der Waals surface area contributed by atoms with Crippen molar-refractivity contribution in [3.63, 3.8) is 0 Å². The van der Waals surface area contributed by atoms with Gasteiger partial charge in [0.15, 0.2) is 0 Å². The molecule has 2 amide bonds. The van der Waals surface area contributed by atoms with E-state index in [0.717, 1.165) is 22.5 Å². The minimum Gasteiger partial charge on any atom is -0.478 e. The smallest absolute Gasteiger partial charge is 0.337 e. The standard InChI is InChI=1S/C28H30N4O4/c1-19-6-5-8-21(16-19)29-26(33)18-31-12-14-32(15-13-31)22-10-11-25(24(17-22)28(35)36)30-27(34)23-9-4-3-7-20(23)2/h3-11,16-17H,12-15,18H2,1-2H3,(H,29,33)(H,30,34)(H,35,36). The summed E-state index contributed by atoms with van der Waals surface area (Å²) in [5.41, 5.74) is 4.25. The molecule has 3 aromatic carbocycles. The van der Waals surface area contributed by atoms with Gasteiger partial charge in [0, 0.05) is 43.1 Å². The van der Waals surface area contributed by atoms with Gasteiger partial charge in [-0.2, -0.15) is 0 Å². The maximum atomic E-state index is 12.7. The molecular weight excluding hydrogens is 456 g/mol. The van der Waals surface area contributed by atoms with Crippen LogP contribution >= 0.6 is 0 Å². The first-order valence-corrected chi connectivity index (χ1v) is 11.9. The number of carboxylic acid groups (broad SMARTS) is 1. The fourth-order valence-electron chi connectivity index (χ4n) is 4.32. The van der Waals surface area contributed by atoms with Crippen molar-refractivity contribution in [1.82, 2.24) is 4.90 Å². The minimum absolute atomic E-state index is 0.0365. The van der Waals surface area contributed by atoms with Crippen LogP contribution in [-0.2, 0) is 4.79 Å². The molecule has 8 nitrogen and oxygen atoms in total. The molecule has 0 saturated carbocycles. The lowest BCUT2D eigenvalue weighted by atomic mass is 10.1. The molecule has 1 fully saturated rings. The lowest BCUT2D eigenvalue weighted by Crippen LogP contribution is -2.48. The van der Waals surface area contributed by atoms with E-state index in [1.807, 2.05) is 56.3 Å². The van der Waals surface area contributed by atoms with Crippen molar-refractivity contribution in [2.45, 2.75) is 13.8 Å². The summed E-state index contributed by atoms with van der Waals surface area (Å²) in [6.45, 7) is 6.78. The second-order valence-electron chi connectivity index (χ2n) is 8.98. The highest BCUT2D eigenvalue weighted by Crippen LogP contribution is 2.25. The number of nitrogens with one attached hydrogen (secondary N) is 2. The van der Waals surface area contributed by atoms with Gasteiger partial charge in [-0.05, 0) is 61.4 Å². The highest BCUT2D eigenvalue weighted by molar-refractivity contribution is 6.08. The van der Waals surface area contributed by atoms with E-state index in [1.165, 1.54) is 0 Å². The molecule has 0 aromatic heterocycles. The monoisotopic (exact) mass is 486 g/mol. The van der Waals surface area contributed by atoms with Crippen LogP contribution in [0.5, 0.6) is 0 Å². The van der Waals surface area contributed by atoms with Gasteiger partial charge >= 0.3 is 5.97 Å². The molecule has 186 valence electrons. The van der Waals surface area contributed by atoms with E-state index in [0.29, 0.717) is 38.3 Å². The number of hydrogen-bond acceptors (Lipinski definition) is 5. The van der Waals surface area contributed by atoms with Gasteiger partial charge in [0.1, 0.15) is 0 Å². The molecule has 4 rings (SSSR count). The maximum absolute atomic E-state index is 12.7.